The average Bonchev–Trinajstić information content (AvgIpc) is 2.61. The summed E-state index contributed by atoms with van der Waals surface area (Å²) in [5.41, 5.74) is 0.928. The number of hydrogen-bond acceptors (Lipinski definition) is 4. The first-order chi connectivity index (χ1) is 8.71. The van der Waals surface area contributed by atoms with Crippen molar-refractivity contribution in [2.45, 2.75) is 18.2 Å². The molecule has 19 heavy (non-hydrogen) atoms. The summed E-state index contributed by atoms with van der Waals surface area (Å²) in [5, 5.41) is 0. The van der Waals surface area contributed by atoms with E-state index in [-0.39, 0.29) is 4.90 Å². The minimum absolute atomic E-state index is 0.178. The average molecular weight is 290 g/mol. The maximum Gasteiger partial charge on any atom is 0.292 e. The van der Waals surface area contributed by atoms with E-state index in [2.05, 4.69) is 0 Å². The minimum Gasteiger partial charge on any atom is -0.744 e. The predicted octanol–water partition coefficient (Wildman–Crippen LogP) is -0.401. The fourth-order valence-electron chi connectivity index (χ4n) is 1.67. The van der Waals surface area contributed by atoms with Crippen molar-refractivity contribution < 1.29 is 22.3 Å². The van der Waals surface area contributed by atoms with Gasteiger partial charge in [0.05, 0.1) is 25.0 Å². The van der Waals surface area contributed by atoms with Crippen LogP contribution in [0.3, 0.4) is 0 Å². The van der Waals surface area contributed by atoms with E-state index in [0.717, 1.165) is 23.6 Å². The topological polar surface area (TPSA) is 64.9 Å². The van der Waals surface area contributed by atoms with E-state index in [0.29, 0.717) is 0 Å². The van der Waals surface area contributed by atoms with Gasteiger partial charge in [0, 0.05) is 0 Å². The van der Waals surface area contributed by atoms with Crippen molar-refractivity contribution in [2.24, 2.45) is 0 Å². The van der Waals surface area contributed by atoms with E-state index < -0.39 is 16.5 Å². The molecule has 1 aromatic carbocycles. The van der Waals surface area contributed by atoms with Gasteiger partial charge in [-0.05, 0) is 26.1 Å². The first-order valence-corrected chi connectivity index (χ1v) is 7.32. The highest BCUT2D eigenvalue weighted by molar-refractivity contribution is 7.85. The number of nitrogens with zero attached hydrogens (tertiary/aromatic N) is 1. The van der Waals surface area contributed by atoms with Crippen molar-refractivity contribution in [2.75, 3.05) is 27.2 Å². The molecule has 1 aromatic rings. The number of alkyl halides is 1. The summed E-state index contributed by atoms with van der Waals surface area (Å²) in [7, 11) is -0.594. The molecule has 2 atom stereocenters. The molecule has 0 aliphatic carbocycles. The minimum atomic E-state index is -4.27. The van der Waals surface area contributed by atoms with E-state index >= 15 is 0 Å². The Hall–Kier alpha value is -1.02. The van der Waals surface area contributed by atoms with Crippen molar-refractivity contribution >= 4 is 10.1 Å². The lowest BCUT2D eigenvalue weighted by atomic mass is 10.2. The Kier molecular flexibility index (Phi) is 5.42. The van der Waals surface area contributed by atoms with E-state index in [1.54, 1.807) is 24.1 Å². The highest BCUT2D eigenvalue weighted by atomic mass is 32.2. The fourth-order valence-corrected chi connectivity index (χ4v) is 2.14. The van der Waals surface area contributed by atoms with Crippen LogP contribution >= 0.6 is 0 Å². The molecule has 1 aliphatic rings. The SMILES string of the molecule is CN1CC[NH+](C)C1F.Cc1ccc(S(=O)(=O)[O-])cc1. The molecule has 0 radical (unpaired) electrons. The Balaban J connectivity index is 0.000000200. The zero-order chi connectivity index (χ0) is 14.6. The number of rotatable bonds is 1. The summed E-state index contributed by atoms with van der Waals surface area (Å²) >= 11 is 0. The van der Waals surface area contributed by atoms with Crippen LogP contribution in [-0.2, 0) is 10.1 Å². The van der Waals surface area contributed by atoms with E-state index in [4.69, 9.17) is 0 Å². The van der Waals surface area contributed by atoms with Gasteiger partial charge in [-0.3, -0.25) is 4.90 Å². The van der Waals surface area contributed by atoms with Crippen LogP contribution in [0.1, 0.15) is 5.56 Å². The third-order valence-corrected chi connectivity index (χ3v) is 3.81. The molecule has 5 nitrogen and oxygen atoms in total. The molecule has 0 aromatic heterocycles. The van der Waals surface area contributed by atoms with E-state index in [9.17, 15) is 17.4 Å². The summed E-state index contributed by atoms with van der Waals surface area (Å²) in [6, 6.07) is 5.78. The number of hydrogen-bond donors (Lipinski definition) is 1. The highest BCUT2D eigenvalue weighted by Crippen LogP contribution is 2.08. The normalized spacial score (nSPS) is 23.8. The van der Waals surface area contributed by atoms with Crippen molar-refractivity contribution in [1.82, 2.24) is 4.90 Å². The van der Waals surface area contributed by atoms with Crippen molar-refractivity contribution in [1.29, 1.82) is 0 Å². The lowest BCUT2D eigenvalue weighted by Gasteiger charge is -2.10. The smallest absolute Gasteiger partial charge is 0.292 e. The second-order valence-electron chi connectivity index (χ2n) is 4.68. The first-order valence-electron chi connectivity index (χ1n) is 5.91. The molecule has 0 bridgehead atoms. The van der Waals surface area contributed by atoms with Gasteiger partial charge in [0.25, 0.3) is 6.42 Å². The predicted molar refractivity (Wildman–Crippen MR) is 68.4 cm³/mol. The number of benzene rings is 1. The second-order valence-corrected chi connectivity index (χ2v) is 6.06. The molecule has 2 rings (SSSR count). The van der Waals surface area contributed by atoms with Crippen LogP contribution in [0.2, 0.25) is 0 Å². The molecule has 1 aliphatic heterocycles. The van der Waals surface area contributed by atoms with Crippen LogP contribution in [0.5, 0.6) is 0 Å². The monoisotopic (exact) mass is 290 g/mol. The Morgan fingerprint density at radius 1 is 1.37 bits per heavy atom. The Labute approximate surface area is 113 Å². The van der Waals surface area contributed by atoms with Crippen LogP contribution in [0, 0.1) is 6.92 Å². The van der Waals surface area contributed by atoms with Gasteiger partial charge in [-0.25, -0.2) is 13.3 Å². The van der Waals surface area contributed by atoms with Crippen LogP contribution < -0.4 is 4.90 Å². The number of halogens is 1. The maximum absolute atomic E-state index is 12.6. The van der Waals surface area contributed by atoms with Crippen molar-refractivity contribution in [3.63, 3.8) is 0 Å². The quantitative estimate of drug-likeness (QED) is 0.564. The number of aryl methyl sites for hydroxylation is 1. The highest BCUT2D eigenvalue weighted by Gasteiger charge is 2.28. The largest absolute Gasteiger partial charge is 0.744 e. The third kappa shape index (κ3) is 4.87. The van der Waals surface area contributed by atoms with Crippen molar-refractivity contribution in [3.8, 4) is 0 Å². The van der Waals surface area contributed by atoms with Gasteiger partial charge in [-0.1, -0.05) is 17.7 Å². The van der Waals surface area contributed by atoms with Gasteiger partial charge >= 0.3 is 0 Å². The van der Waals surface area contributed by atoms with Gasteiger partial charge < -0.3 is 4.55 Å². The molecule has 0 spiro atoms. The van der Waals surface area contributed by atoms with Gasteiger partial charge in [0.1, 0.15) is 10.1 Å². The number of quaternary nitrogens is 1. The molecule has 108 valence electrons. The van der Waals surface area contributed by atoms with E-state index in [1.165, 1.54) is 12.1 Å². The molecule has 1 heterocycles. The van der Waals surface area contributed by atoms with Gasteiger partial charge in [0.15, 0.2) is 0 Å². The van der Waals surface area contributed by atoms with E-state index in [1.807, 2.05) is 14.0 Å². The van der Waals surface area contributed by atoms with Gasteiger partial charge in [-0.15, -0.1) is 0 Å². The lowest BCUT2D eigenvalue weighted by Crippen LogP contribution is -3.10. The Morgan fingerprint density at radius 2 is 1.89 bits per heavy atom. The summed E-state index contributed by atoms with van der Waals surface area (Å²) in [6.45, 7) is 3.63. The summed E-state index contributed by atoms with van der Waals surface area (Å²) in [5.74, 6) is 0. The van der Waals surface area contributed by atoms with Gasteiger partial charge in [0.2, 0.25) is 0 Å². The molecule has 0 saturated carbocycles. The van der Waals surface area contributed by atoms with Crippen LogP contribution in [-0.4, -0.2) is 51.5 Å². The summed E-state index contributed by atoms with van der Waals surface area (Å²) < 4.78 is 43.8. The van der Waals surface area contributed by atoms with Crippen molar-refractivity contribution in [3.05, 3.63) is 29.8 Å². The molecular weight excluding hydrogens is 271 g/mol. The standard InChI is InChI=1S/C7H8O3S.C5H11FN2/c1-6-2-4-7(5-3-6)11(8,9)10;1-7-3-4-8(2)5(7)6/h2-5H,1H3,(H,8,9,10);5H,3-4H2,1-2H3. The van der Waals surface area contributed by atoms with Crippen LogP contribution in [0.4, 0.5) is 4.39 Å². The number of likely N-dealkylation sites (N-methyl/N-ethyl adjacent to an activating group) is 2. The molecule has 1 fully saturated rings. The first kappa shape index (κ1) is 16.0. The van der Waals surface area contributed by atoms with Crippen LogP contribution in [0.25, 0.3) is 0 Å². The molecule has 2 unspecified atom stereocenters. The fraction of sp³-hybridized carbons (Fsp3) is 0.500. The molecular formula is C12H19FN2O3S. The summed E-state index contributed by atoms with van der Waals surface area (Å²) in [6.07, 6.45) is -0.769. The molecule has 7 heteroatoms. The third-order valence-electron chi connectivity index (χ3n) is 2.96. The lowest BCUT2D eigenvalue weighted by molar-refractivity contribution is -0.914. The molecule has 0 amide bonds. The Bertz CT molecular complexity index is 494. The van der Waals surface area contributed by atoms with Crippen LogP contribution in [0.15, 0.2) is 29.2 Å². The van der Waals surface area contributed by atoms with Gasteiger partial charge in [-0.2, -0.15) is 4.39 Å². The number of nitrogens with one attached hydrogen (secondary N) is 1. The summed E-state index contributed by atoms with van der Waals surface area (Å²) in [4.78, 5) is 2.51. The Morgan fingerprint density at radius 3 is 2.16 bits per heavy atom. The molecule has 1 saturated heterocycles. The zero-order valence-electron chi connectivity index (χ0n) is 11.3. The second kappa shape index (κ2) is 6.42. The zero-order valence-corrected chi connectivity index (χ0v) is 12.1. The maximum atomic E-state index is 12.6. The molecule has 1 N–H and O–H groups in total.